The van der Waals surface area contributed by atoms with Crippen LogP contribution in [-0.2, 0) is 8.85 Å². The molecular formula is C12H28O2Si. The predicted octanol–water partition coefficient (Wildman–Crippen LogP) is 4.10. The Balaban J connectivity index is 4.51. The van der Waals surface area contributed by atoms with Gasteiger partial charge in [0.15, 0.2) is 0 Å². The predicted molar refractivity (Wildman–Crippen MR) is 68.4 cm³/mol. The summed E-state index contributed by atoms with van der Waals surface area (Å²) in [6.45, 7) is 14.8. The summed E-state index contributed by atoms with van der Waals surface area (Å²) in [6.07, 6.45) is 2.32. The molecule has 0 aromatic rings. The Morgan fingerprint density at radius 3 is 1.93 bits per heavy atom. The largest absolute Gasteiger partial charge is 0.394 e. The molecule has 0 spiro atoms. The van der Waals surface area contributed by atoms with Crippen molar-refractivity contribution < 1.29 is 8.85 Å². The zero-order chi connectivity index (χ0) is 11.9. The van der Waals surface area contributed by atoms with Gasteiger partial charge in [0.25, 0.3) is 0 Å². The van der Waals surface area contributed by atoms with Gasteiger partial charge >= 0.3 is 8.56 Å². The molecule has 0 aliphatic heterocycles. The summed E-state index contributed by atoms with van der Waals surface area (Å²) < 4.78 is 12.1. The lowest BCUT2D eigenvalue weighted by atomic mass is 10.2. The lowest BCUT2D eigenvalue weighted by Crippen LogP contribution is -2.50. The highest BCUT2D eigenvalue weighted by Gasteiger charge is 2.47. The van der Waals surface area contributed by atoms with Crippen LogP contribution in [0.15, 0.2) is 0 Å². The van der Waals surface area contributed by atoms with Gasteiger partial charge < -0.3 is 8.85 Å². The van der Waals surface area contributed by atoms with Gasteiger partial charge in [-0.3, -0.25) is 0 Å². The minimum atomic E-state index is -2.01. The maximum atomic E-state index is 6.14. The van der Waals surface area contributed by atoms with Gasteiger partial charge in [-0.15, -0.1) is 0 Å². The second-order valence-electron chi connectivity index (χ2n) is 4.99. The maximum absolute atomic E-state index is 6.14. The Morgan fingerprint density at radius 2 is 1.60 bits per heavy atom. The van der Waals surface area contributed by atoms with Gasteiger partial charge in [-0.05, 0) is 19.4 Å². The molecule has 0 amide bonds. The van der Waals surface area contributed by atoms with Crippen LogP contribution in [0.4, 0.5) is 0 Å². The highest BCUT2D eigenvalue weighted by Crippen LogP contribution is 2.40. The Morgan fingerprint density at radius 1 is 1.00 bits per heavy atom. The third-order valence-electron chi connectivity index (χ3n) is 2.82. The minimum absolute atomic E-state index is 0.158. The molecular weight excluding hydrogens is 204 g/mol. The molecule has 3 heteroatoms. The Labute approximate surface area is 96.6 Å². The monoisotopic (exact) mass is 232 g/mol. The third-order valence-corrected chi connectivity index (χ3v) is 7.46. The fourth-order valence-corrected chi connectivity index (χ4v) is 5.18. The lowest BCUT2D eigenvalue weighted by Gasteiger charge is -2.40. The van der Waals surface area contributed by atoms with E-state index in [4.69, 9.17) is 8.85 Å². The number of hydrogen-bond acceptors (Lipinski definition) is 2. The summed E-state index contributed by atoms with van der Waals surface area (Å²) in [6, 6.07) is 1.04. The molecule has 0 fully saturated rings. The van der Waals surface area contributed by atoms with Crippen LogP contribution < -0.4 is 0 Å². The molecule has 92 valence electrons. The first-order valence-corrected chi connectivity index (χ1v) is 8.23. The molecule has 0 aliphatic rings. The molecule has 1 atom stereocenters. The molecule has 0 radical (unpaired) electrons. The molecule has 2 nitrogen and oxygen atoms in total. The van der Waals surface area contributed by atoms with Crippen LogP contribution in [0.1, 0.15) is 54.4 Å². The van der Waals surface area contributed by atoms with E-state index >= 15 is 0 Å². The molecule has 0 rings (SSSR count). The van der Waals surface area contributed by atoms with E-state index in [0.29, 0.717) is 0 Å². The Hall–Kier alpha value is 0.137. The zero-order valence-electron chi connectivity index (χ0n) is 11.4. The van der Waals surface area contributed by atoms with Crippen molar-refractivity contribution >= 4 is 8.56 Å². The van der Waals surface area contributed by atoms with Gasteiger partial charge in [0, 0.05) is 18.3 Å². The molecule has 0 aliphatic carbocycles. The van der Waals surface area contributed by atoms with Crippen LogP contribution in [0.5, 0.6) is 0 Å². The van der Waals surface area contributed by atoms with E-state index in [1.54, 1.807) is 0 Å². The summed E-state index contributed by atoms with van der Waals surface area (Å²) in [7, 11) is -2.01. The SMILES string of the molecule is CCCCO[Si](CC)(OCC)C(C)(C)C. The summed E-state index contributed by atoms with van der Waals surface area (Å²) in [5.41, 5.74) is 0. The smallest absolute Gasteiger partial charge is 0.343 e. The van der Waals surface area contributed by atoms with Crippen LogP contribution in [0.25, 0.3) is 0 Å². The molecule has 0 saturated carbocycles. The van der Waals surface area contributed by atoms with Gasteiger partial charge in [-0.2, -0.15) is 0 Å². The second-order valence-corrected chi connectivity index (χ2v) is 9.28. The Bertz CT molecular complexity index is 165. The van der Waals surface area contributed by atoms with Gasteiger partial charge in [0.05, 0.1) is 0 Å². The molecule has 15 heavy (non-hydrogen) atoms. The number of hydrogen-bond donors (Lipinski definition) is 0. The normalized spacial score (nSPS) is 16.4. The topological polar surface area (TPSA) is 18.5 Å². The van der Waals surface area contributed by atoms with Crippen LogP contribution in [0.2, 0.25) is 11.1 Å². The molecule has 0 aromatic heterocycles. The average molecular weight is 232 g/mol. The maximum Gasteiger partial charge on any atom is 0.343 e. The molecule has 1 unspecified atom stereocenters. The van der Waals surface area contributed by atoms with Crippen LogP contribution >= 0.6 is 0 Å². The molecule has 0 heterocycles. The van der Waals surface area contributed by atoms with Crippen molar-refractivity contribution in [1.29, 1.82) is 0 Å². The first kappa shape index (κ1) is 15.1. The number of unbranched alkanes of at least 4 members (excludes halogenated alkanes) is 1. The van der Waals surface area contributed by atoms with Crippen molar-refractivity contribution in [3.63, 3.8) is 0 Å². The van der Waals surface area contributed by atoms with Crippen molar-refractivity contribution in [2.75, 3.05) is 13.2 Å². The zero-order valence-corrected chi connectivity index (χ0v) is 12.4. The molecule has 0 aromatic carbocycles. The summed E-state index contributed by atoms with van der Waals surface area (Å²) in [5.74, 6) is 0. The van der Waals surface area contributed by atoms with Gasteiger partial charge in [-0.25, -0.2) is 0 Å². The first-order chi connectivity index (χ1) is 6.93. The van der Waals surface area contributed by atoms with Crippen molar-refractivity contribution in [1.82, 2.24) is 0 Å². The van der Waals surface area contributed by atoms with Gasteiger partial charge in [-0.1, -0.05) is 41.0 Å². The summed E-state index contributed by atoms with van der Waals surface area (Å²) in [4.78, 5) is 0. The minimum Gasteiger partial charge on any atom is -0.394 e. The van der Waals surface area contributed by atoms with Crippen molar-refractivity contribution in [2.24, 2.45) is 0 Å². The molecule has 0 saturated heterocycles. The van der Waals surface area contributed by atoms with Crippen molar-refractivity contribution in [3.05, 3.63) is 0 Å². The highest BCUT2D eigenvalue weighted by molar-refractivity contribution is 6.70. The van der Waals surface area contributed by atoms with Crippen molar-refractivity contribution in [2.45, 2.75) is 65.5 Å². The number of rotatable bonds is 7. The second kappa shape index (κ2) is 6.66. The van der Waals surface area contributed by atoms with Crippen LogP contribution in [0.3, 0.4) is 0 Å². The quantitative estimate of drug-likeness (QED) is 0.486. The first-order valence-electron chi connectivity index (χ1n) is 6.21. The van der Waals surface area contributed by atoms with Crippen LogP contribution in [0, 0.1) is 0 Å². The van der Waals surface area contributed by atoms with E-state index in [2.05, 4.69) is 41.5 Å². The fourth-order valence-electron chi connectivity index (χ4n) is 1.82. The van der Waals surface area contributed by atoms with E-state index in [1.165, 1.54) is 6.42 Å². The standard InChI is InChI=1S/C12H28O2Si/c1-7-10-11-14-15(9-3,13-8-2)12(4,5)6/h7-11H2,1-6H3. The van der Waals surface area contributed by atoms with E-state index in [1.807, 2.05) is 0 Å². The Kier molecular flexibility index (Phi) is 6.72. The summed E-state index contributed by atoms with van der Waals surface area (Å²) >= 11 is 0. The third kappa shape index (κ3) is 4.25. The van der Waals surface area contributed by atoms with Gasteiger partial charge in [0.2, 0.25) is 0 Å². The van der Waals surface area contributed by atoms with E-state index in [0.717, 1.165) is 25.7 Å². The molecule has 0 bridgehead atoms. The highest BCUT2D eigenvalue weighted by atomic mass is 28.4. The van der Waals surface area contributed by atoms with E-state index in [-0.39, 0.29) is 5.04 Å². The molecule has 0 N–H and O–H groups in total. The van der Waals surface area contributed by atoms with Crippen molar-refractivity contribution in [3.8, 4) is 0 Å². The fraction of sp³-hybridized carbons (Fsp3) is 1.00. The average Bonchev–Trinajstić information content (AvgIpc) is 2.15. The van der Waals surface area contributed by atoms with Crippen LogP contribution in [-0.4, -0.2) is 21.8 Å². The van der Waals surface area contributed by atoms with E-state index < -0.39 is 8.56 Å². The van der Waals surface area contributed by atoms with E-state index in [9.17, 15) is 0 Å². The summed E-state index contributed by atoms with van der Waals surface area (Å²) in [5, 5.41) is 0.158. The van der Waals surface area contributed by atoms with Gasteiger partial charge in [0.1, 0.15) is 0 Å². The lowest BCUT2D eigenvalue weighted by molar-refractivity contribution is 0.152.